The number of hydrogen-bond donors (Lipinski definition) is 2. The van der Waals surface area contributed by atoms with E-state index in [2.05, 4.69) is 10.7 Å². The van der Waals surface area contributed by atoms with Gasteiger partial charge in [-0.05, 0) is 6.92 Å². The van der Waals surface area contributed by atoms with Crippen LogP contribution in [0.3, 0.4) is 0 Å². The summed E-state index contributed by atoms with van der Waals surface area (Å²) in [6, 6.07) is 0. The molecular weight excluding hydrogens is 130 g/mol. The van der Waals surface area contributed by atoms with Gasteiger partial charge in [-0.2, -0.15) is 0 Å². The molecule has 0 saturated carbocycles. The van der Waals surface area contributed by atoms with Gasteiger partial charge in [0, 0.05) is 14.0 Å². The van der Waals surface area contributed by atoms with E-state index < -0.39 is 0 Å². The van der Waals surface area contributed by atoms with Crippen LogP contribution in [0.4, 0.5) is 0 Å². The lowest BCUT2D eigenvalue weighted by Gasteiger charge is -2.06. The summed E-state index contributed by atoms with van der Waals surface area (Å²) in [6.07, 6.45) is 0. The fourth-order valence-electron chi connectivity index (χ4n) is 0.791. The zero-order valence-electron chi connectivity index (χ0n) is 6.56. The molecule has 1 amide bonds. The Balaban J connectivity index is 2.21. The Morgan fingerprint density at radius 2 is 2.30 bits per heavy atom. The zero-order chi connectivity index (χ0) is 7.78. The molecule has 1 rings (SSSR count). The third kappa shape index (κ3) is 1.46. The highest BCUT2D eigenvalue weighted by Crippen LogP contribution is 2.19. The maximum Gasteiger partial charge on any atom is 0.216 e. The Kier molecular flexibility index (Phi) is 1.66. The minimum absolute atomic E-state index is 0.00826. The summed E-state index contributed by atoms with van der Waals surface area (Å²) < 4.78 is 0. The van der Waals surface area contributed by atoms with E-state index in [1.807, 2.05) is 19.0 Å². The molecule has 0 bridgehead atoms. The average molecular weight is 143 g/mol. The summed E-state index contributed by atoms with van der Waals surface area (Å²) in [5, 5.41) is 4.70. The minimum Gasteiger partial charge on any atom is -0.353 e. The lowest BCUT2D eigenvalue weighted by atomic mass is 10.3. The lowest BCUT2D eigenvalue weighted by molar-refractivity contribution is -0.119. The number of carbonyl (C=O) groups is 1. The highest BCUT2D eigenvalue weighted by molar-refractivity contribution is 5.72. The second-order valence-corrected chi connectivity index (χ2v) is 2.85. The second kappa shape index (κ2) is 2.21. The molecule has 58 valence electrons. The Bertz CT molecular complexity index is 159. The van der Waals surface area contributed by atoms with Gasteiger partial charge < -0.3 is 5.32 Å². The van der Waals surface area contributed by atoms with Gasteiger partial charge in [-0.25, -0.2) is 10.4 Å². The Labute approximate surface area is 60.5 Å². The van der Waals surface area contributed by atoms with Crippen molar-refractivity contribution in [2.45, 2.75) is 19.5 Å². The van der Waals surface area contributed by atoms with Crippen LogP contribution < -0.4 is 10.7 Å². The Morgan fingerprint density at radius 1 is 1.80 bits per heavy atom. The molecule has 1 fully saturated rings. The number of carbonyl (C=O) groups excluding carboxylic acids is 1. The van der Waals surface area contributed by atoms with Crippen LogP contribution in [0, 0.1) is 0 Å². The summed E-state index contributed by atoms with van der Waals surface area (Å²) in [5.74, 6) is 0.0170. The van der Waals surface area contributed by atoms with Crippen LogP contribution in [0.5, 0.6) is 0 Å². The maximum atomic E-state index is 10.5. The fourth-order valence-corrected chi connectivity index (χ4v) is 0.791. The average Bonchev–Trinajstić information content (AvgIpc) is 2.38. The molecule has 2 unspecified atom stereocenters. The van der Waals surface area contributed by atoms with Crippen LogP contribution in [-0.4, -0.2) is 30.2 Å². The third-order valence-corrected chi connectivity index (χ3v) is 1.78. The van der Waals surface area contributed by atoms with Crippen molar-refractivity contribution >= 4 is 5.91 Å². The van der Waals surface area contributed by atoms with Crippen LogP contribution in [0.25, 0.3) is 0 Å². The van der Waals surface area contributed by atoms with E-state index in [1.54, 1.807) is 0 Å². The predicted molar refractivity (Wildman–Crippen MR) is 38.0 cm³/mol. The molecule has 1 aliphatic rings. The molecule has 0 aromatic rings. The van der Waals surface area contributed by atoms with Crippen molar-refractivity contribution in [3.63, 3.8) is 0 Å². The highest BCUT2D eigenvalue weighted by atomic mass is 16.1. The molecule has 0 aliphatic carbocycles. The molecule has 10 heavy (non-hydrogen) atoms. The first-order chi connectivity index (χ1) is 4.54. The van der Waals surface area contributed by atoms with Crippen LogP contribution in [0.1, 0.15) is 13.8 Å². The van der Waals surface area contributed by atoms with Gasteiger partial charge in [-0.3, -0.25) is 4.79 Å². The standard InChI is InChI=1S/C6H13N3O/c1-5(10)7-4-6(2)8-9(6)3/h8H,4H2,1-3H3,(H,7,10). The first kappa shape index (κ1) is 7.50. The summed E-state index contributed by atoms with van der Waals surface area (Å²) in [6.45, 7) is 4.22. The number of amides is 1. The van der Waals surface area contributed by atoms with Crippen LogP contribution in [-0.2, 0) is 4.79 Å². The second-order valence-electron chi connectivity index (χ2n) is 2.85. The number of rotatable bonds is 2. The van der Waals surface area contributed by atoms with Gasteiger partial charge in [-0.1, -0.05) is 0 Å². The first-order valence-electron chi connectivity index (χ1n) is 3.31. The van der Waals surface area contributed by atoms with E-state index in [-0.39, 0.29) is 11.6 Å². The topological polar surface area (TPSA) is 54.1 Å². The molecule has 0 aromatic heterocycles. The summed E-state index contributed by atoms with van der Waals surface area (Å²) >= 11 is 0. The van der Waals surface area contributed by atoms with Gasteiger partial charge in [0.2, 0.25) is 5.91 Å². The monoisotopic (exact) mass is 143 g/mol. The molecular formula is C6H13N3O. The van der Waals surface area contributed by atoms with Gasteiger partial charge in [-0.15, -0.1) is 0 Å². The summed E-state index contributed by atoms with van der Waals surface area (Å²) in [7, 11) is 1.95. The van der Waals surface area contributed by atoms with Crippen molar-refractivity contribution < 1.29 is 4.79 Å². The third-order valence-electron chi connectivity index (χ3n) is 1.78. The molecule has 2 atom stereocenters. The first-order valence-corrected chi connectivity index (χ1v) is 3.31. The Hall–Kier alpha value is -0.610. The fraction of sp³-hybridized carbons (Fsp3) is 0.833. The number of hydrogen-bond acceptors (Lipinski definition) is 3. The summed E-state index contributed by atoms with van der Waals surface area (Å²) in [5.41, 5.74) is 3.07. The van der Waals surface area contributed by atoms with E-state index in [9.17, 15) is 4.79 Å². The molecule has 1 saturated heterocycles. The van der Waals surface area contributed by atoms with E-state index in [0.29, 0.717) is 6.54 Å². The van der Waals surface area contributed by atoms with Gasteiger partial charge in [0.1, 0.15) is 5.66 Å². The van der Waals surface area contributed by atoms with Gasteiger partial charge in [0.05, 0.1) is 6.54 Å². The van der Waals surface area contributed by atoms with Crippen molar-refractivity contribution in [3.05, 3.63) is 0 Å². The highest BCUT2D eigenvalue weighted by Gasteiger charge is 2.43. The van der Waals surface area contributed by atoms with Crippen molar-refractivity contribution in [2.24, 2.45) is 0 Å². The van der Waals surface area contributed by atoms with Crippen molar-refractivity contribution in [3.8, 4) is 0 Å². The SMILES string of the molecule is CC(=O)NCC1(C)NN1C. The molecule has 0 spiro atoms. The van der Waals surface area contributed by atoms with Crippen LogP contribution in [0.15, 0.2) is 0 Å². The van der Waals surface area contributed by atoms with Crippen molar-refractivity contribution in [2.75, 3.05) is 13.6 Å². The molecule has 0 radical (unpaired) electrons. The van der Waals surface area contributed by atoms with Gasteiger partial charge in [0.25, 0.3) is 0 Å². The van der Waals surface area contributed by atoms with Crippen LogP contribution >= 0.6 is 0 Å². The van der Waals surface area contributed by atoms with Gasteiger partial charge >= 0.3 is 0 Å². The number of hydrazine groups is 1. The number of nitrogens with zero attached hydrogens (tertiary/aromatic N) is 1. The normalized spacial score (nSPS) is 37.3. The number of nitrogens with one attached hydrogen (secondary N) is 2. The molecule has 4 nitrogen and oxygen atoms in total. The largest absolute Gasteiger partial charge is 0.353 e. The molecule has 2 N–H and O–H groups in total. The number of likely N-dealkylation sites (N-methyl/N-ethyl adjacent to an activating group) is 1. The van der Waals surface area contributed by atoms with E-state index in [4.69, 9.17) is 0 Å². The smallest absolute Gasteiger partial charge is 0.216 e. The Morgan fingerprint density at radius 3 is 2.60 bits per heavy atom. The van der Waals surface area contributed by atoms with E-state index >= 15 is 0 Å². The predicted octanol–water partition coefficient (Wildman–Crippen LogP) is -0.711. The molecule has 1 heterocycles. The van der Waals surface area contributed by atoms with Crippen molar-refractivity contribution in [1.82, 2.24) is 15.8 Å². The zero-order valence-corrected chi connectivity index (χ0v) is 6.56. The lowest BCUT2D eigenvalue weighted by Crippen LogP contribution is -2.33. The van der Waals surface area contributed by atoms with Crippen molar-refractivity contribution in [1.29, 1.82) is 0 Å². The van der Waals surface area contributed by atoms with E-state index in [0.717, 1.165) is 0 Å². The maximum absolute atomic E-state index is 10.5. The minimum atomic E-state index is -0.00826. The molecule has 4 heteroatoms. The summed E-state index contributed by atoms with van der Waals surface area (Å²) in [4.78, 5) is 10.5. The van der Waals surface area contributed by atoms with Crippen LogP contribution in [0.2, 0.25) is 0 Å². The molecule has 1 aliphatic heterocycles. The van der Waals surface area contributed by atoms with E-state index in [1.165, 1.54) is 6.92 Å². The quantitative estimate of drug-likeness (QED) is 0.502. The van der Waals surface area contributed by atoms with Gasteiger partial charge in [0.15, 0.2) is 0 Å². The molecule has 0 aromatic carbocycles.